The molecule has 0 N–H and O–H groups in total. The summed E-state index contributed by atoms with van der Waals surface area (Å²) in [4.78, 5) is 5.69. The molecule has 1 spiro atoms. The standard InChI is InChI=1S/C53H39NO/c1-34-27-32-48(38-19-6-3-7-20-38)54-49(33-43(34)35-15-4-2-5-16-35)42-24-14-26-45-50(42)41-23-12-13-25-44(41)53(45)46-30-28-36-17-8-10-21-39(36)51(46)55-52-40-22-11-9-18-37(40)29-31-47(52)53/h2-26,28-31,33-34,43H,27,32H2,1H3/b49-33-,54-48?. The Morgan fingerprint density at radius 1 is 0.527 bits per heavy atom. The highest BCUT2D eigenvalue weighted by Crippen LogP contribution is 2.64. The van der Waals surface area contributed by atoms with Crippen molar-refractivity contribution in [1.82, 2.24) is 0 Å². The Hall–Kier alpha value is -6.51. The highest BCUT2D eigenvalue weighted by molar-refractivity contribution is 6.06. The number of benzene rings is 8. The van der Waals surface area contributed by atoms with Crippen LogP contribution in [0.3, 0.4) is 0 Å². The molecule has 0 saturated carbocycles. The van der Waals surface area contributed by atoms with E-state index in [9.17, 15) is 0 Å². The lowest BCUT2D eigenvalue weighted by Gasteiger charge is -2.40. The van der Waals surface area contributed by atoms with Gasteiger partial charge < -0.3 is 4.74 Å². The zero-order chi connectivity index (χ0) is 36.5. The summed E-state index contributed by atoms with van der Waals surface area (Å²) in [6.45, 7) is 2.41. The van der Waals surface area contributed by atoms with Crippen LogP contribution >= 0.6 is 0 Å². The van der Waals surface area contributed by atoms with Crippen molar-refractivity contribution in [2.45, 2.75) is 31.1 Å². The Morgan fingerprint density at radius 2 is 1.11 bits per heavy atom. The van der Waals surface area contributed by atoms with E-state index in [0.29, 0.717) is 5.92 Å². The second-order valence-electron chi connectivity index (χ2n) is 15.4. The first kappa shape index (κ1) is 32.0. The van der Waals surface area contributed by atoms with Gasteiger partial charge in [0.2, 0.25) is 0 Å². The molecule has 2 nitrogen and oxygen atoms in total. The van der Waals surface area contributed by atoms with E-state index < -0.39 is 5.41 Å². The number of allylic oxidation sites excluding steroid dienone is 1. The fourth-order valence-corrected chi connectivity index (χ4v) is 9.87. The van der Waals surface area contributed by atoms with Gasteiger partial charge in [0.15, 0.2) is 0 Å². The van der Waals surface area contributed by atoms with Gasteiger partial charge in [0, 0.05) is 39.1 Å². The first-order chi connectivity index (χ1) is 27.2. The van der Waals surface area contributed by atoms with Gasteiger partial charge in [0.1, 0.15) is 11.5 Å². The van der Waals surface area contributed by atoms with Crippen molar-refractivity contribution < 1.29 is 4.74 Å². The summed E-state index contributed by atoms with van der Waals surface area (Å²) >= 11 is 0. The Kier molecular flexibility index (Phi) is 7.29. The van der Waals surface area contributed by atoms with E-state index in [4.69, 9.17) is 9.73 Å². The van der Waals surface area contributed by atoms with Gasteiger partial charge in [0.25, 0.3) is 0 Å². The molecular formula is C53H39NO. The first-order valence-electron chi connectivity index (χ1n) is 19.6. The molecule has 262 valence electrons. The molecule has 1 aliphatic carbocycles. The minimum absolute atomic E-state index is 0.223. The van der Waals surface area contributed by atoms with Crippen molar-refractivity contribution in [3.8, 4) is 22.6 Å². The second-order valence-corrected chi connectivity index (χ2v) is 15.4. The quantitative estimate of drug-likeness (QED) is 0.179. The maximum absolute atomic E-state index is 7.20. The molecule has 8 aromatic rings. The van der Waals surface area contributed by atoms with Crippen LogP contribution < -0.4 is 4.74 Å². The molecule has 0 amide bonds. The Morgan fingerprint density at radius 3 is 1.82 bits per heavy atom. The maximum Gasteiger partial charge on any atom is 0.140 e. The summed E-state index contributed by atoms with van der Waals surface area (Å²) < 4.78 is 7.20. The minimum atomic E-state index is -0.612. The molecule has 55 heavy (non-hydrogen) atoms. The number of fused-ring (bicyclic) bond motifs is 13. The average molecular weight is 706 g/mol. The molecule has 0 aromatic heterocycles. The third kappa shape index (κ3) is 4.77. The van der Waals surface area contributed by atoms with Crippen LogP contribution in [0.4, 0.5) is 0 Å². The van der Waals surface area contributed by atoms with Gasteiger partial charge >= 0.3 is 0 Å². The van der Waals surface area contributed by atoms with E-state index in [1.807, 2.05) is 0 Å². The molecule has 0 bridgehead atoms. The normalized spacial score (nSPS) is 18.9. The lowest BCUT2D eigenvalue weighted by atomic mass is 9.65. The molecule has 2 aliphatic heterocycles. The summed E-state index contributed by atoms with van der Waals surface area (Å²) in [5.74, 6) is 2.52. The van der Waals surface area contributed by atoms with E-state index in [2.05, 4.69) is 189 Å². The zero-order valence-electron chi connectivity index (χ0n) is 30.7. The smallest absolute Gasteiger partial charge is 0.140 e. The van der Waals surface area contributed by atoms with Crippen LogP contribution in [0, 0.1) is 5.92 Å². The van der Waals surface area contributed by atoms with Crippen LogP contribution in [0.1, 0.15) is 64.6 Å². The van der Waals surface area contributed by atoms with Crippen LogP contribution in [-0.2, 0) is 5.41 Å². The Bertz CT molecular complexity index is 2780. The summed E-state index contributed by atoms with van der Waals surface area (Å²) in [5.41, 5.74) is 12.7. The fourth-order valence-electron chi connectivity index (χ4n) is 9.87. The highest BCUT2D eigenvalue weighted by atomic mass is 16.5. The topological polar surface area (TPSA) is 21.6 Å². The lowest BCUT2D eigenvalue weighted by Crippen LogP contribution is -2.32. The van der Waals surface area contributed by atoms with E-state index >= 15 is 0 Å². The second kappa shape index (κ2) is 12.5. The van der Waals surface area contributed by atoms with E-state index in [0.717, 1.165) is 46.5 Å². The summed E-state index contributed by atoms with van der Waals surface area (Å²) in [6, 6.07) is 64.2. The van der Waals surface area contributed by atoms with Crippen molar-refractivity contribution in [2.24, 2.45) is 10.9 Å². The predicted octanol–water partition coefficient (Wildman–Crippen LogP) is 13.5. The highest BCUT2D eigenvalue weighted by Gasteiger charge is 2.52. The van der Waals surface area contributed by atoms with Gasteiger partial charge in [0.05, 0.1) is 11.1 Å². The number of rotatable bonds is 3. The monoisotopic (exact) mass is 705 g/mol. The van der Waals surface area contributed by atoms with E-state index in [1.165, 1.54) is 60.8 Å². The molecule has 0 saturated heterocycles. The molecule has 2 atom stereocenters. The molecule has 2 heterocycles. The van der Waals surface area contributed by atoms with Crippen LogP contribution in [0.2, 0.25) is 0 Å². The van der Waals surface area contributed by atoms with Gasteiger partial charge in [-0.25, -0.2) is 0 Å². The lowest BCUT2D eigenvalue weighted by molar-refractivity contribution is 0.447. The predicted molar refractivity (Wildman–Crippen MR) is 227 cm³/mol. The molecule has 2 heteroatoms. The van der Waals surface area contributed by atoms with E-state index in [1.54, 1.807) is 0 Å². The zero-order valence-corrected chi connectivity index (χ0v) is 30.7. The number of hydrogen-bond donors (Lipinski definition) is 0. The SMILES string of the molecule is CC1CCC(c2ccccc2)=N/C(c2cccc3c2-c2ccccc2C32c3ccc4ccccc4c3Oc3c2ccc2ccccc32)=C\C1c1ccccc1. The first-order valence-corrected chi connectivity index (χ1v) is 19.6. The number of ether oxygens (including phenoxy) is 1. The fraction of sp³-hybridized carbons (Fsp3) is 0.113. The van der Waals surface area contributed by atoms with Gasteiger partial charge in [-0.05, 0) is 62.9 Å². The Balaban J connectivity index is 1.25. The minimum Gasteiger partial charge on any atom is -0.455 e. The summed E-state index contributed by atoms with van der Waals surface area (Å²) in [5, 5.41) is 4.59. The van der Waals surface area contributed by atoms with Crippen LogP contribution in [0.15, 0.2) is 187 Å². The maximum atomic E-state index is 7.20. The van der Waals surface area contributed by atoms with Gasteiger partial charge in [-0.15, -0.1) is 0 Å². The molecule has 2 unspecified atom stereocenters. The molecule has 0 radical (unpaired) electrons. The molecule has 8 aromatic carbocycles. The summed E-state index contributed by atoms with van der Waals surface area (Å²) in [6.07, 6.45) is 4.45. The van der Waals surface area contributed by atoms with Gasteiger partial charge in [-0.3, -0.25) is 4.99 Å². The third-order valence-corrected chi connectivity index (χ3v) is 12.5. The largest absolute Gasteiger partial charge is 0.455 e. The van der Waals surface area contributed by atoms with Gasteiger partial charge in [-0.1, -0.05) is 189 Å². The van der Waals surface area contributed by atoms with Crippen LogP contribution in [0.5, 0.6) is 11.5 Å². The summed E-state index contributed by atoms with van der Waals surface area (Å²) in [7, 11) is 0. The van der Waals surface area contributed by atoms with Crippen molar-refractivity contribution in [2.75, 3.05) is 0 Å². The van der Waals surface area contributed by atoms with E-state index in [-0.39, 0.29) is 5.92 Å². The van der Waals surface area contributed by atoms with Crippen molar-refractivity contribution in [3.05, 3.63) is 221 Å². The molecule has 0 fully saturated rings. The molecular weight excluding hydrogens is 667 g/mol. The number of aliphatic imine (C=N–C) groups is 1. The number of nitrogens with zero attached hydrogens (tertiary/aromatic N) is 1. The van der Waals surface area contributed by atoms with Crippen molar-refractivity contribution in [1.29, 1.82) is 0 Å². The van der Waals surface area contributed by atoms with Crippen LogP contribution in [-0.4, -0.2) is 5.71 Å². The molecule has 11 rings (SSSR count). The third-order valence-electron chi connectivity index (χ3n) is 12.5. The Labute approximate surface area is 322 Å². The number of hydrogen-bond acceptors (Lipinski definition) is 2. The van der Waals surface area contributed by atoms with Crippen molar-refractivity contribution in [3.63, 3.8) is 0 Å². The van der Waals surface area contributed by atoms with Gasteiger partial charge in [-0.2, -0.15) is 0 Å². The van der Waals surface area contributed by atoms with Crippen LogP contribution in [0.25, 0.3) is 38.4 Å². The average Bonchev–Trinajstić information content (AvgIpc) is 3.54. The molecule has 3 aliphatic rings. The van der Waals surface area contributed by atoms with Crippen molar-refractivity contribution >= 4 is 33.0 Å².